The van der Waals surface area contributed by atoms with Crippen LogP contribution in [0.25, 0.3) is 0 Å². The highest BCUT2D eigenvalue weighted by Crippen LogP contribution is 2.24. The van der Waals surface area contributed by atoms with Crippen LogP contribution in [0.3, 0.4) is 0 Å². The van der Waals surface area contributed by atoms with Gasteiger partial charge < -0.3 is 9.64 Å². The number of carbonyl (C=O) groups excluding carboxylic acids is 1. The zero-order valence-electron chi connectivity index (χ0n) is 9.98. The third-order valence-corrected chi connectivity index (χ3v) is 4.60. The number of halogens is 1. The largest absolute Gasteiger partial charge is 0.368 e. The molecule has 1 fully saturated rings. The normalized spacial score (nSPS) is 23.9. The van der Waals surface area contributed by atoms with Crippen molar-refractivity contribution in [3.63, 3.8) is 0 Å². The second-order valence-electron chi connectivity index (χ2n) is 4.51. The van der Waals surface area contributed by atoms with Crippen molar-refractivity contribution in [3.8, 4) is 0 Å². The van der Waals surface area contributed by atoms with E-state index in [9.17, 15) is 4.79 Å². The zero-order chi connectivity index (χ0) is 12.4. The molecule has 0 N–H and O–H groups in total. The number of nitrogens with zero attached hydrogens (tertiary/aromatic N) is 1. The summed E-state index contributed by atoms with van der Waals surface area (Å²) in [5, 5.41) is 2.06. The molecule has 1 aromatic heterocycles. The molecule has 17 heavy (non-hydrogen) atoms. The summed E-state index contributed by atoms with van der Waals surface area (Å²) in [6, 6.07) is 2.05. The van der Waals surface area contributed by atoms with Gasteiger partial charge in [-0.1, -0.05) is 6.92 Å². The van der Waals surface area contributed by atoms with Gasteiger partial charge in [0.15, 0.2) is 0 Å². The molecule has 0 aromatic carbocycles. The van der Waals surface area contributed by atoms with Crippen LogP contribution < -0.4 is 0 Å². The van der Waals surface area contributed by atoms with Gasteiger partial charge in [-0.2, -0.15) is 0 Å². The Bertz CT molecular complexity index is 407. The van der Waals surface area contributed by atoms with Gasteiger partial charge in [0.2, 0.25) is 0 Å². The maximum absolute atomic E-state index is 12.2. The lowest BCUT2D eigenvalue weighted by Gasteiger charge is -2.22. The molecule has 2 unspecified atom stereocenters. The number of likely N-dealkylation sites (N-methyl/N-ethyl adjacent to an activating group) is 1. The molecule has 1 amide bonds. The molecular formula is C12H16BrNO2S. The SMILES string of the molecule is CC1CCOC1C(=O)N(C)Cc1csc(Br)c1. The maximum Gasteiger partial charge on any atom is 0.252 e. The summed E-state index contributed by atoms with van der Waals surface area (Å²) >= 11 is 5.06. The third-order valence-electron chi connectivity index (χ3n) is 3.05. The summed E-state index contributed by atoms with van der Waals surface area (Å²) in [4.78, 5) is 13.9. The summed E-state index contributed by atoms with van der Waals surface area (Å²) in [5.74, 6) is 0.427. The highest BCUT2D eigenvalue weighted by molar-refractivity contribution is 9.11. The van der Waals surface area contributed by atoms with E-state index in [4.69, 9.17) is 4.74 Å². The van der Waals surface area contributed by atoms with Crippen molar-refractivity contribution >= 4 is 33.2 Å². The smallest absolute Gasteiger partial charge is 0.252 e. The molecule has 1 aliphatic rings. The van der Waals surface area contributed by atoms with E-state index < -0.39 is 0 Å². The summed E-state index contributed by atoms with van der Waals surface area (Å²) in [5.41, 5.74) is 1.16. The second kappa shape index (κ2) is 5.50. The summed E-state index contributed by atoms with van der Waals surface area (Å²) in [6.45, 7) is 3.42. The number of hydrogen-bond donors (Lipinski definition) is 0. The lowest BCUT2D eigenvalue weighted by atomic mass is 10.0. The average molecular weight is 318 g/mol. The highest BCUT2D eigenvalue weighted by atomic mass is 79.9. The first-order valence-corrected chi connectivity index (χ1v) is 7.34. The van der Waals surface area contributed by atoms with E-state index in [0.29, 0.717) is 19.1 Å². The van der Waals surface area contributed by atoms with Crippen LogP contribution in [-0.2, 0) is 16.1 Å². The average Bonchev–Trinajstić information content (AvgIpc) is 2.86. The third kappa shape index (κ3) is 3.09. The Kier molecular flexibility index (Phi) is 4.22. The van der Waals surface area contributed by atoms with Crippen molar-refractivity contribution < 1.29 is 9.53 Å². The van der Waals surface area contributed by atoms with Crippen molar-refractivity contribution in [1.29, 1.82) is 0 Å². The van der Waals surface area contributed by atoms with Crippen molar-refractivity contribution in [2.75, 3.05) is 13.7 Å². The highest BCUT2D eigenvalue weighted by Gasteiger charge is 2.32. The number of thiophene rings is 1. The molecule has 5 heteroatoms. The number of carbonyl (C=O) groups is 1. The van der Waals surface area contributed by atoms with Crippen LogP contribution in [0.4, 0.5) is 0 Å². The first kappa shape index (κ1) is 13.1. The Morgan fingerprint density at radius 2 is 2.47 bits per heavy atom. The van der Waals surface area contributed by atoms with Crippen LogP contribution in [0.5, 0.6) is 0 Å². The van der Waals surface area contributed by atoms with E-state index in [0.717, 1.165) is 15.8 Å². The minimum absolute atomic E-state index is 0.0947. The molecule has 0 saturated carbocycles. The Hall–Kier alpha value is -0.390. The molecule has 0 spiro atoms. The van der Waals surface area contributed by atoms with Gasteiger partial charge in [-0.05, 0) is 45.3 Å². The van der Waals surface area contributed by atoms with Gasteiger partial charge in [0, 0.05) is 20.2 Å². The van der Waals surface area contributed by atoms with Gasteiger partial charge in [0.05, 0.1) is 3.79 Å². The van der Waals surface area contributed by atoms with Crippen LogP contribution in [0.1, 0.15) is 18.9 Å². The van der Waals surface area contributed by atoms with E-state index in [1.54, 1.807) is 16.2 Å². The molecule has 0 aliphatic carbocycles. The molecule has 2 heterocycles. The molecule has 1 saturated heterocycles. The first-order chi connectivity index (χ1) is 8.08. The van der Waals surface area contributed by atoms with E-state index in [1.807, 2.05) is 13.1 Å². The van der Waals surface area contributed by atoms with E-state index in [2.05, 4.69) is 28.2 Å². The number of ether oxygens (including phenoxy) is 1. The molecule has 0 bridgehead atoms. The fourth-order valence-corrected chi connectivity index (χ4v) is 3.21. The lowest BCUT2D eigenvalue weighted by Crippen LogP contribution is -2.38. The fourth-order valence-electron chi connectivity index (χ4n) is 2.01. The van der Waals surface area contributed by atoms with Crippen LogP contribution in [0, 0.1) is 5.92 Å². The Labute approximate surface area is 114 Å². The van der Waals surface area contributed by atoms with Crippen LogP contribution in [0.2, 0.25) is 0 Å². The summed E-state index contributed by atoms with van der Waals surface area (Å²) < 4.78 is 6.59. The van der Waals surface area contributed by atoms with E-state index in [-0.39, 0.29) is 12.0 Å². The van der Waals surface area contributed by atoms with Gasteiger partial charge in [0.1, 0.15) is 6.10 Å². The van der Waals surface area contributed by atoms with Crippen molar-refractivity contribution in [1.82, 2.24) is 4.90 Å². The topological polar surface area (TPSA) is 29.5 Å². The fraction of sp³-hybridized carbons (Fsp3) is 0.583. The van der Waals surface area contributed by atoms with Gasteiger partial charge in [0.25, 0.3) is 5.91 Å². The van der Waals surface area contributed by atoms with Gasteiger partial charge in [-0.15, -0.1) is 11.3 Å². The molecular weight excluding hydrogens is 302 g/mol. The van der Waals surface area contributed by atoms with E-state index >= 15 is 0 Å². The molecule has 94 valence electrons. The Morgan fingerprint density at radius 1 is 1.71 bits per heavy atom. The Morgan fingerprint density at radius 3 is 3.00 bits per heavy atom. The van der Waals surface area contributed by atoms with Crippen LogP contribution >= 0.6 is 27.3 Å². The molecule has 2 atom stereocenters. The molecule has 1 aromatic rings. The van der Waals surface area contributed by atoms with Gasteiger partial charge in [-0.25, -0.2) is 0 Å². The minimum Gasteiger partial charge on any atom is -0.368 e. The zero-order valence-corrected chi connectivity index (χ0v) is 12.4. The molecule has 3 nitrogen and oxygen atoms in total. The monoisotopic (exact) mass is 317 g/mol. The standard InChI is InChI=1S/C12H16BrNO2S/c1-8-3-4-16-11(8)12(15)14(2)6-9-5-10(13)17-7-9/h5,7-8,11H,3-4,6H2,1-2H3. The predicted octanol–water partition coefficient (Wildman–Crippen LogP) is 2.89. The predicted molar refractivity (Wildman–Crippen MR) is 72.0 cm³/mol. The van der Waals surface area contributed by atoms with Gasteiger partial charge in [-0.3, -0.25) is 4.79 Å². The lowest BCUT2D eigenvalue weighted by molar-refractivity contribution is -0.141. The van der Waals surface area contributed by atoms with Crippen molar-refractivity contribution in [2.45, 2.75) is 26.0 Å². The number of amides is 1. The van der Waals surface area contributed by atoms with Crippen LogP contribution in [0.15, 0.2) is 15.2 Å². The Balaban J connectivity index is 1.95. The molecule has 2 rings (SSSR count). The molecule has 0 radical (unpaired) electrons. The quantitative estimate of drug-likeness (QED) is 0.858. The van der Waals surface area contributed by atoms with Gasteiger partial charge >= 0.3 is 0 Å². The summed E-state index contributed by atoms with van der Waals surface area (Å²) in [6.07, 6.45) is 0.732. The summed E-state index contributed by atoms with van der Waals surface area (Å²) in [7, 11) is 1.84. The molecule has 1 aliphatic heterocycles. The minimum atomic E-state index is -0.248. The van der Waals surface area contributed by atoms with Crippen molar-refractivity contribution in [3.05, 3.63) is 20.8 Å². The number of hydrogen-bond acceptors (Lipinski definition) is 3. The number of rotatable bonds is 3. The van der Waals surface area contributed by atoms with E-state index in [1.165, 1.54) is 0 Å². The van der Waals surface area contributed by atoms with Crippen LogP contribution in [-0.4, -0.2) is 30.6 Å². The second-order valence-corrected chi connectivity index (χ2v) is 6.80. The maximum atomic E-state index is 12.2. The van der Waals surface area contributed by atoms with Crippen molar-refractivity contribution in [2.24, 2.45) is 5.92 Å². The first-order valence-electron chi connectivity index (χ1n) is 5.67.